The highest BCUT2D eigenvalue weighted by Crippen LogP contribution is 2.50. The third kappa shape index (κ3) is 4.28. The average Bonchev–Trinajstić information content (AvgIpc) is 2.74. The van der Waals surface area contributed by atoms with Crippen LogP contribution in [-0.2, 0) is 0 Å². The van der Waals surface area contributed by atoms with Crippen molar-refractivity contribution in [1.29, 1.82) is 0 Å². The molecule has 0 spiro atoms. The Balaban J connectivity index is 2.21. The van der Waals surface area contributed by atoms with Gasteiger partial charge < -0.3 is 14.6 Å². The van der Waals surface area contributed by atoms with E-state index in [2.05, 4.69) is 32.9 Å². The molecule has 4 heteroatoms. The minimum Gasteiger partial charge on any atom is -0.507 e. The molecule has 2 aromatic carbocycles. The zero-order valence-electron chi connectivity index (χ0n) is 18.4. The number of rotatable bonds is 6. The number of phenolic OH excluding ortho intramolecular Hbond substituents is 1. The minimum atomic E-state index is -0.397. The summed E-state index contributed by atoms with van der Waals surface area (Å²) in [5.41, 5.74) is 4.37. The highest BCUT2D eigenvalue weighted by atomic mass is 16.5. The van der Waals surface area contributed by atoms with Gasteiger partial charge in [0.1, 0.15) is 28.9 Å². The van der Waals surface area contributed by atoms with Crippen LogP contribution in [0.2, 0.25) is 0 Å². The maximum atomic E-state index is 13.1. The number of fused-ring (bicyclic) bond motifs is 1. The van der Waals surface area contributed by atoms with Crippen molar-refractivity contribution in [2.75, 3.05) is 7.11 Å². The van der Waals surface area contributed by atoms with Crippen molar-refractivity contribution in [3.05, 3.63) is 76.4 Å². The lowest BCUT2D eigenvalue weighted by Gasteiger charge is -2.31. The normalized spacial score (nSPS) is 17.0. The number of ether oxygens (including phenoxy) is 2. The topological polar surface area (TPSA) is 55.8 Å². The Kier molecular flexibility index (Phi) is 6.66. The van der Waals surface area contributed by atoms with E-state index in [9.17, 15) is 9.90 Å². The van der Waals surface area contributed by atoms with Gasteiger partial charge in [0.05, 0.1) is 13.5 Å². The van der Waals surface area contributed by atoms with E-state index in [0.717, 1.165) is 23.1 Å². The second kappa shape index (κ2) is 9.21. The monoisotopic (exact) mass is 406 g/mol. The molecule has 0 amide bonds. The van der Waals surface area contributed by atoms with Crippen molar-refractivity contribution < 1.29 is 19.4 Å². The second-order valence-corrected chi connectivity index (χ2v) is 7.96. The van der Waals surface area contributed by atoms with Gasteiger partial charge in [-0.2, -0.15) is 0 Å². The van der Waals surface area contributed by atoms with E-state index in [1.807, 2.05) is 37.3 Å². The van der Waals surface area contributed by atoms with Gasteiger partial charge in [-0.25, -0.2) is 0 Å². The van der Waals surface area contributed by atoms with Gasteiger partial charge in [0.15, 0.2) is 5.78 Å². The number of carbonyl (C=O) groups excluding carboxylic acids is 1. The fourth-order valence-electron chi connectivity index (χ4n) is 3.92. The lowest BCUT2D eigenvalue weighted by molar-refractivity contribution is 0.0841. The molecule has 30 heavy (non-hydrogen) atoms. The van der Waals surface area contributed by atoms with Crippen LogP contribution in [-0.4, -0.2) is 18.0 Å². The summed E-state index contributed by atoms with van der Waals surface area (Å²) in [7, 11) is 1.58. The van der Waals surface area contributed by atoms with Crippen LogP contribution in [0.4, 0.5) is 0 Å². The number of allylic oxidation sites excluding steroid dienone is 4. The van der Waals surface area contributed by atoms with E-state index in [1.165, 1.54) is 11.6 Å². The Morgan fingerprint density at radius 3 is 2.57 bits per heavy atom. The molecule has 0 saturated heterocycles. The van der Waals surface area contributed by atoms with Gasteiger partial charge in [0.25, 0.3) is 0 Å². The molecule has 0 aromatic heterocycles. The predicted octanol–water partition coefficient (Wildman–Crippen LogP) is 6.51. The molecule has 4 nitrogen and oxygen atoms in total. The molecule has 2 atom stereocenters. The highest BCUT2D eigenvalue weighted by molar-refractivity contribution is 6.03. The molecule has 0 saturated carbocycles. The number of phenols is 1. The van der Waals surface area contributed by atoms with E-state index in [-0.39, 0.29) is 29.4 Å². The zero-order valence-corrected chi connectivity index (χ0v) is 18.4. The summed E-state index contributed by atoms with van der Waals surface area (Å²) < 4.78 is 12.1. The number of aromatic hydroxyl groups is 1. The van der Waals surface area contributed by atoms with Crippen LogP contribution >= 0.6 is 0 Å². The molecule has 0 bridgehead atoms. The Bertz CT molecular complexity index is 982. The SMILES string of the molecule is CC=C(C)C(CC=C(C)C)c1c(OC)cc(O)c2c1OC(c1ccccc1)CC2=O. The largest absolute Gasteiger partial charge is 0.507 e. The number of methoxy groups -OCH3 is 1. The summed E-state index contributed by atoms with van der Waals surface area (Å²) in [6.45, 7) is 8.21. The molecule has 0 radical (unpaired) electrons. The standard InChI is InChI=1S/C26H30O4/c1-6-17(4)19(13-12-16(2)3)24-23(29-5)15-21(28)25-20(27)14-22(30-26(24)25)18-10-8-7-9-11-18/h6-12,15,19,22,28H,13-14H2,1-5H3. The molecule has 1 aliphatic rings. The first-order valence-corrected chi connectivity index (χ1v) is 10.3. The smallest absolute Gasteiger partial charge is 0.174 e. The summed E-state index contributed by atoms with van der Waals surface area (Å²) in [6.07, 6.45) is 4.79. The molecule has 0 fully saturated rings. The molecule has 2 unspecified atom stereocenters. The Morgan fingerprint density at radius 1 is 1.27 bits per heavy atom. The summed E-state index contributed by atoms with van der Waals surface area (Å²) in [6, 6.07) is 11.3. The first-order chi connectivity index (χ1) is 14.4. The summed E-state index contributed by atoms with van der Waals surface area (Å²) in [5, 5.41) is 10.6. The van der Waals surface area contributed by atoms with Crippen molar-refractivity contribution in [3.8, 4) is 17.2 Å². The van der Waals surface area contributed by atoms with Crippen molar-refractivity contribution in [3.63, 3.8) is 0 Å². The van der Waals surface area contributed by atoms with Crippen LogP contribution in [0.1, 0.15) is 74.0 Å². The molecule has 158 valence electrons. The number of hydrogen-bond donors (Lipinski definition) is 1. The van der Waals surface area contributed by atoms with Gasteiger partial charge in [-0.15, -0.1) is 0 Å². The van der Waals surface area contributed by atoms with Gasteiger partial charge in [-0.05, 0) is 39.7 Å². The maximum Gasteiger partial charge on any atom is 0.174 e. The van der Waals surface area contributed by atoms with Gasteiger partial charge in [0.2, 0.25) is 0 Å². The fraction of sp³-hybridized carbons (Fsp3) is 0.346. The van der Waals surface area contributed by atoms with Crippen molar-refractivity contribution >= 4 is 5.78 Å². The van der Waals surface area contributed by atoms with Crippen LogP contribution in [0, 0.1) is 0 Å². The summed E-state index contributed by atoms with van der Waals surface area (Å²) in [5.74, 6) is 0.717. The van der Waals surface area contributed by atoms with Crippen LogP contribution < -0.4 is 9.47 Å². The third-order valence-electron chi connectivity index (χ3n) is 5.68. The first-order valence-electron chi connectivity index (χ1n) is 10.3. The molecule has 1 aliphatic heterocycles. The molecular weight excluding hydrogens is 376 g/mol. The van der Waals surface area contributed by atoms with E-state index in [1.54, 1.807) is 7.11 Å². The summed E-state index contributed by atoms with van der Waals surface area (Å²) in [4.78, 5) is 13.1. The second-order valence-electron chi connectivity index (χ2n) is 7.96. The first kappa shape index (κ1) is 21.7. The Hall–Kier alpha value is -3.01. The molecule has 1 heterocycles. The van der Waals surface area contributed by atoms with Crippen LogP contribution in [0.15, 0.2) is 59.7 Å². The Morgan fingerprint density at radius 2 is 1.97 bits per heavy atom. The fourth-order valence-corrected chi connectivity index (χ4v) is 3.92. The molecule has 3 rings (SSSR count). The molecular formula is C26H30O4. The Labute approximate surface area is 178 Å². The van der Waals surface area contributed by atoms with Gasteiger partial charge in [0, 0.05) is 17.5 Å². The third-order valence-corrected chi connectivity index (χ3v) is 5.68. The minimum absolute atomic E-state index is 0.0310. The number of hydrogen-bond acceptors (Lipinski definition) is 4. The number of carbonyl (C=O) groups is 1. The van der Waals surface area contributed by atoms with Crippen LogP contribution in [0.3, 0.4) is 0 Å². The maximum absolute atomic E-state index is 13.1. The van der Waals surface area contributed by atoms with Gasteiger partial charge in [-0.3, -0.25) is 4.79 Å². The van der Waals surface area contributed by atoms with E-state index < -0.39 is 6.10 Å². The summed E-state index contributed by atoms with van der Waals surface area (Å²) >= 11 is 0. The molecule has 0 aliphatic carbocycles. The number of Topliss-reactive ketones (excluding diaryl/α,β-unsaturated/α-hetero) is 1. The molecule has 2 aromatic rings. The predicted molar refractivity (Wildman–Crippen MR) is 120 cm³/mol. The average molecular weight is 407 g/mol. The van der Waals surface area contributed by atoms with Crippen LogP contribution in [0.25, 0.3) is 0 Å². The van der Waals surface area contributed by atoms with Crippen molar-refractivity contribution in [2.24, 2.45) is 0 Å². The zero-order chi connectivity index (χ0) is 21.8. The van der Waals surface area contributed by atoms with E-state index in [4.69, 9.17) is 9.47 Å². The van der Waals surface area contributed by atoms with E-state index in [0.29, 0.717) is 11.5 Å². The quantitative estimate of drug-likeness (QED) is 0.555. The van der Waals surface area contributed by atoms with Gasteiger partial charge >= 0.3 is 0 Å². The number of ketones is 1. The van der Waals surface area contributed by atoms with Gasteiger partial charge in [-0.1, -0.05) is 53.6 Å². The van der Waals surface area contributed by atoms with Crippen molar-refractivity contribution in [1.82, 2.24) is 0 Å². The molecule has 1 N–H and O–H groups in total. The van der Waals surface area contributed by atoms with Crippen molar-refractivity contribution in [2.45, 2.75) is 52.6 Å². The van der Waals surface area contributed by atoms with E-state index >= 15 is 0 Å². The lowest BCUT2D eigenvalue weighted by Crippen LogP contribution is -2.23. The van der Waals surface area contributed by atoms with Crippen LogP contribution in [0.5, 0.6) is 17.2 Å². The number of benzene rings is 2. The highest BCUT2D eigenvalue weighted by Gasteiger charge is 2.36. The lowest BCUT2D eigenvalue weighted by atomic mass is 9.83.